The quantitative estimate of drug-likeness (QED) is 0.797. The number of carbonyl (C=O) groups excluding carboxylic acids is 1. The molecule has 0 aromatic heterocycles. The lowest BCUT2D eigenvalue weighted by molar-refractivity contribution is -0.121. The van der Waals surface area contributed by atoms with Crippen LogP contribution in [0, 0.1) is 13.8 Å². The van der Waals surface area contributed by atoms with Gasteiger partial charge in [-0.15, -0.1) is 0 Å². The molecule has 1 aromatic rings. The molecule has 6 heteroatoms. The van der Waals surface area contributed by atoms with Gasteiger partial charge in [0.05, 0.1) is 11.9 Å². The Kier molecular flexibility index (Phi) is 6.87. The molecule has 0 unspecified atom stereocenters. The summed E-state index contributed by atoms with van der Waals surface area (Å²) in [5, 5.41) is 2.80. The van der Waals surface area contributed by atoms with Crippen LogP contribution >= 0.6 is 0 Å². The first-order valence-corrected chi connectivity index (χ1v) is 9.42. The molecular formula is C16H26N2O3S. The summed E-state index contributed by atoms with van der Waals surface area (Å²) in [6.07, 6.45) is 2.92. The molecule has 22 heavy (non-hydrogen) atoms. The molecule has 1 aromatic carbocycles. The van der Waals surface area contributed by atoms with E-state index in [0.717, 1.165) is 17.5 Å². The minimum atomic E-state index is -3.37. The van der Waals surface area contributed by atoms with E-state index in [9.17, 15) is 13.2 Å². The molecule has 0 heterocycles. The molecule has 1 N–H and O–H groups in total. The highest BCUT2D eigenvalue weighted by molar-refractivity contribution is 7.92. The van der Waals surface area contributed by atoms with Crippen LogP contribution in [0.15, 0.2) is 18.2 Å². The Bertz CT molecular complexity index is 612. The Morgan fingerprint density at radius 1 is 1.27 bits per heavy atom. The fourth-order valence-corrected chi connectivity index (χ4v) is 3.20. The monoisotopic (exact) mass is 326 g/mol. The Balaban J connectivity index is 2.79. The van der Waals surface area contributed by atoms with Crippen molar-refractivity contribution in [2.45, 2.75) is 40.0 Å². The summed E-state index contributed by atoms with van der Waals surface area (Å²) >= 11 is 0. The fraction of sp³-hybridized carbons (Fsp3) is 0.562. The number of sulfonamides is 1. The van der Waals surface area contributed by atoms with Gasteiger partial charge in [0.15, 0.2) is 0 Å². The number of carbonyl (C=O) groups is 1. The lowest BCUT2D eigenvalue weighted by Crippen LogP contribution is -2.32. The van der Waals surface area contributed by atoms with Crippen molar-refractivity contribution in [2.75, 3.05) is 23.7 Å². The van der Waals surface area contributed by atoms with Gasteiger partial charge in [0.25, 0.3) is 0 Å². The maximum Gasteiger partial charge on any atom is 0.232 e. The van der Waals surface area contributed by atoms with Gasteiger partial charge in [-0.1, -0.05) is 19.1 Å². The van der Waals surface area contributed by atoms with Crippen LogP contribution in [0.1, 0.15) is 37.3 Å². The Hall–Kier alpha value is -1.56. The van der Waals surface area contributed by atoms with Crippen LogP contribution in [0.25, 0.3) is 0 Å². The van der Waals surface area contributed by atoms with Crippen molar-refractivity contribution in [3.05, 3.63) is 29.3 Å². The molecule has 0 saturated carbocycles. The summed E-state index contributed by atoms with van der Waals surface area (Å²) in [5.74, 6) is -0.0312. The molecule has 0 aliphatic heterocycles. The third kappa shape index (κ3) is 5.67. The van der Waals surface area contributed by atoms with E-state index in [1.165, 1.54) is 10.6 Å². The number of amides is 1. The fourth-order valence-electron chi connectivity index (χ4n) is 2.19. The largest absolute Gasteiger partial charge is 0.356 e. The van der Waals surface area contributed by atoms with Gasteiger partial charge >= 0.3 is 0 Å². The second-order valence-corrected chi connectivity index (χ2v) is 7.49. The van der Waals surface area contributed by atoms with E-state index in [4.69, 9.17) is 0 Å². The Morgan fingerprint density at radius 2 is 1.95 bits per heavy atom. The van der Waals surface area contributed by atoms with Crippen LogP contribution in [-0.2, 0) is 14.8 Å². The zero-order chi connectivity index (χ0) is 16.8. The topological polar surface area (TPSA) is 66.5 Å². The first-order chi connectivity index (χ1) is 10.3. The number of anilines is 1. The van der Waals surface area contributed by atoms with E-state index >= 15 is 0 Å². The van der Waals surface area contributed by atoms with Crippen molar-refractivity contribution in [1.82, 2.24) is 5.32 Å². The first kappa shape index (κ1) is 18.5. The molecule has 0 fully saturated rings. The summed E-state index contributed by atoms with van der Waals surface area (Å²) in [5.41, 5.74) is 2.61. The van der Waals surface area contributed by atoms with Crippen LogP contribution in [0.4, 0.5) is 5.69 Å². The van der Waals surface area contributed by atoms with Gasteiger partial charge < -0.3 is 5.32 Å². The van der Waals surface area contributed by atoms with Gasteiger partial charge in [-0.25, -0.2) is 8.42 Å². The number of rotatable bonds is 8. The molecule has 0 saturated heterocycles. The second kappa shape index (κ2) is 8.17. The summed E-state index contributed by atoms with van der Waals surface area (Å²) in [6, 6.07) is 5.74. The van der Waals surface area contributed by atoms with Crippen LogP contribution in [-0.4, -0.2) is 33.7 Å². The minimum absolute atomic E-state index is 0.0312. The molecular weight excluding hydrogens is 300 g/mol. The maximum absolute atomic E-state index is 12.1. The summed E-state index contributed by atoms with van der Waals surface area (Å²) < 4.78 is 25.5. The van der Waals surface area contributed by atoms with Gasteiger partial charge in [0.2, 0.25) is 15.9 Å². The highest BCUT2D eigenvalue weighted by Crippen LogP contribution is 2.24. The second-order valence-electron chi connectivity index (χ2n) is 5.58. The van der Waals surface area contributed by atoms with Gasteiger partial charge in [-0.2, -0.15) is 0 Å². The highest BCUT2D eigenvalue weighted by Gasteiger charge is 2.19. The number of nitrogens with one attached hydrogen (secondary N) is 1. The van der Waals surface area contributed by atoms with Crippen molar-refractivity contribution in [3.8, 4) is 0 Å². The number of aryl methyl sites for hydroxylation is 2. The molecule has 0 radical (unpaired) electrons. The highest BCUT2D eigenvalue weighted by atomic mass is 32.2. The lowest BCUT2D eigenvalue weighted by atomic mass is 10.1. The summed E-state index contributed by atoms with van der Waals surface area (Å²) in [6.45, 7) is 6.78. The number of hydrogen-bond acceptors (Lipinski definition) is 3. The van der Waals surface area contributed by atoms with Crippen LogP contribution in [0.2, 0.25) is 0 Å². The Labute approximate surface area is 133 Å². The van der Waals surface area contributed by atoms with Gasteiger partial charge in [-0.3, -0.25) is 9.10 Å². The maximum atomic E-state index is 12.1. The minimum Gasteiger partial charge on any atom is -0.356 e. The lowest BCUT2D eigenvalue weighted by Gasteiger charge is -2.24. The zero-order valence-electron chi connectivity index (χ0n) is 13.8. The predicted octanol–water partition coefficient (Wildman–Crippen LogP) is 2.38. The molecule has 1 rings (SSSR count). The van der Waals surface area contributed by atoms with Crippen LogP contribution in [0.5, 0.6) is 0 Å². The molecule has 1 amide bonds. The standard InChI is InChI=1S/C16H26N2O3S/c1-5-10-17-16(19)7-6-11-18(22(4,20)21)15-12-13(2)8-9-14(15)3/h8-9,12H,5-7,10-11H2,1-4H3,(H,17,19). The normalized spacial score (nSPS) is 11.3. The SMILES string of the molecule is CCCNC(=O)CCCN(c1cc(C)ccc1C)S(C)(=O)=O. The van der Waals surface area contributed by atoms with Crippen LogP contribution in [0.3, 0.4) is 0 Å². The van der Waals surface area contributed by atoms with Crippen molar-refractivity contribution < 1.29 is 13.2 Å². The third-order valence-corrected chi connectivity index (χ3v) is 4.55. The van der Waals surface area contributed by atoms with E-state index in [0.29, 0.717) is 31.6 Å². The molecule has 0 aliphatic carbocycles. The average Bonchev–Trinajstić information content (AvgIpc) is 2.43. The van der Waals surface area contributed by atoms with Gasteiger partial charge in [0, 0.05) is 19.5 Å². The molecule has 0 bridgehead atoms. The first-order valence-electron chi connectivity index (χ1n) is 7.57. The van der Waals surface area contributed by atoms with E-state index in [-0.39, 0.29) is 5.91 Å². The number of nitrogens with zero attached hydrogens (tertiary/aromatic N) is 1. The van der Waals surface area contributed by atoms with Crippen molar-refractivity contribution >= 4 is 21.6 Å². The molecule has 0 atom stereocenters. The molecule has 5 nitrogen and oxygen atoms in total. The number of hydrogen-bond donors (Lipinski definition) is 1. The molecule has 0 aliphatic rings. The summed E-state index contributed by atoms with van der Waals surface area (Å²) in [7, 11) is -3.37. The van der Waals surface area contributed by atoms with Gasteiger partial charge in [0.1, 0.15) is 0 Å². The third-order valence-electron chi connectivity index (χ3n) is 3.37. The predicted molar refractivity (Wildman–Crippen MR) is 90.6 cm³/mol. The Morgan fingerprint density at radius 3 is 2.55 bits per heavy atom. The molecule has 0 spiro atoms. The van der Waals surface area contributed by atoms with Crippen LogP contribution < -0.4 is 9.62 Å². The van der Waals surface area contributed by atoms with E-state index in [1.54, 1.807) is 0 Å². The summed E-state index contributed by atoms with van der Waals surface area (Å²) in [4.78, 5) is 11.6. The van der Waals surface area contributed by atoms with Crippen molar-refractivity contribution in [2.24, 2.45) is 0 Å². The average molecular weight is 326 g/mol. The number of benzene rings is 1. The van der Waals surface area contributed by atoms with E-state index in [1.807, 2.05) is 39.0 Å². The zero-order valence-corrected chi connectivity index (χ0v) is 14.7. The van der Waals surface area contributed by atoms with Crippen molar-refractivity contribution in [1.29, 1.82) is 0 Å². The molecule has 124 valence electrons. The van der Waals surface area contributed by atoms with E-state index in [2.05, 4.69) is 5.32 Å². The van der Waals surface area contributed by atoms with Gasteiger partial charge in [-0.05, 0) is 43.9 Å². The van der Waals surface area contributed by atoms with E-state index < -0.39 is 10.0 Å². The smallest absolute Gasteiger partial charge is 0.232 e. The van der Waals surface area contributed by atoms with Crippen molar-refractivity contribution in [3.63, 3.8) is 0 Å².